The van der Waals surface area contributed by atoms with Gasteiger partial charge in [0.2, 0.25) is 0 Å². The first-order chi connectivity index (χ1) is 12.4. The summed E-state index contributed by atoms with van der Waals surface area (Å²) in [6.07, 6.45) is 1.31. The highest BCUT2D eigenvalue weighted by Crippen LogP contribution is 2.34. The van der Waals surface area contributed by atoms with Gasteiger partial charge in [-0.05, 0) is 67.1 Å². The Balaban J connectivity index is 2.11. The topological polar surface area (TPSA) is 80.2 Å². The standard InChI is InChI=1S/C19H21IN2O4/c1-4-25-17-9-14(10-21-24)8-15(20)19(17)26-11-18(23)22-16-6-5-12(2)7-13(16)3/h5-10,24H,4,11H2,1-3H3,(H,22,23)/b21-10+. The molecule has 2 rings (SSSR count). The van der Waals surface area contributed by atoms with E-state index in [1.165, 1.54) is 6.21 Å². The second kappa shape index (κ2) is 9.42. The van der Waals surface area contributed by atoms with E-state index in [2.05, 4.69) is 33.1 Å². The third-order valence-corrected chi connectivity index (χ3v) is 4.34. The smallest absolute Gasteiger partial charge is 0.262 e. The molecular formula is C19H21IN2O4. The zero-order chi connectivity index (χ0) is 19.1. The van der Waals surface area contributed by atoms with Gasteiger partial charge >= 0.3 is 0 Å². The quantitative estimate of drug-likeness (QED) is 0.277. The number of hydrogen-bond acceptors (Lipinski definition) is 5. The number of anilines is 1. The van der Waals surface area contributed by atoms with Crippen molar-refractivity contribution in [3.63, 3.8) is 0 Å². The first-order valence-electron chi connectivity index (χ1n) is 8.08. The molecule has 0 saturated carbocycles. The van der Waals surface area contributed by atoms with Crippen LogP contribution in [0.2, 0.25) is 0 Å². The summed E-state index contributed by atoms with van der Waals surface area (Å²) in [6.45, 7) is 6.11. The molecule has 0 saturated heterocycles. The normalized spacial score (nSPS) is 10.8. The number of rotatable bonds is 7. The highest BCUT2D eigenvalue weighted by Gasteiger charge is 2.14. The van der Waals surface area contributed by atoms with Crippen LogP contribution in [-0.2, 0) is 4.79 Å². The number of nitrogens with one attached hydrogen (secondary N) is 1. The minimum absolute atomic E-state index is 0.142. The monoisotopic (exact) mass is 468 g/mol. The second-order valence-corrected chi connectivity index (χ2v) is 6.82. The highest BCUT2D eigenvalue weighted by molar-refractivity contribution is 14.1. The van der Waals surface area contributed by atoms with Gasteiger partial charge < -0.3 is 20.0 Å². The average molecular weight is 468 g/mol. The van der Waals surface area contributed by atoms with Gasteiger partial charge in [-0.3, -0.25) is 4.79 Å². The summed E-state index contributed by atoms with van der Waals surface area (Å²) in [4.78, 5) is 12.2. The predicted molar refractivity (Wildman–Crippen MR) is 110 cm³/mol. The third-order valence-electron chi connectivity index (χ3n) is 3.54. The first-order valence-corrected chi connectivity index (χ1v) is 9.16. The van der Waals surface area contributed by atoms with Crippen LogP contribution in [0.4, 0.5) is 5.69 Å². The molecule has 0 radical (unpaired) electrons. The number of hydrogen-bond donors (Lipinski definition) is 2. The minimum Gasteiger partial charge on any atom is -0.490 e. The van der Waals surface area contributed by atoms with Crippen molar-refractivity contribution in [3.8, 4) is 11.5 Å². The maximum Gasteiger partial charge on any atom is 0.262 e. The molecule has 0 aliphatic rings. The fraction of sp³-hybridized carbons (Fsp3) is 0.263. The molecule has 1 amide bonds. The van der Waals surface area contributed by atoms with Crippen molar-refractivity contribution >= 4 is 40.4 Å². The lowest BCUT2D eigenvalue weighted by molar-refractivity contribution is -0.118. The molecule has 0 aliphatic carbocycles. The summed E-state index contributed by atoms with van der Waals surface area (Å²) in [6, 6.07) is 9.30. The number of oxime groups is 1. The zero-order valence-electron chi connectivity index (χ0n) is 14.9. The predicted octanol–water partition coefficient (Wildman–Crippen LogP) is 4.13. The number of carbonyl (C=O) groups is 1. The van der Waals surface area contributed by atoms with Crippen molar-refractivity contribution in [2.24, 2.45) is 5.16 Å². The van der Waals surface area contributed by atoms with Crippen molar-refractivity contribution in [3.05, 3.63) is 50.6 Å². The summed E-state index contributed by atoms with van der Waals surface area (Å²) < 4.78 is 12.0. The van der Waals surface area contributed by atoms with E-state index in [1.807, 2.05) is 39.0 Å². The molecule has 2 aromatic rings. The maximum absolute atomic E-state index is 12.2. The molecule has 0 bridgehead atoms. The lowest BCUT2D eigenvalue weighted by Crippen LogP contribution is -2.21. The lowest BCUT2D eigenvalue weighted by Gasteiger charge is -2.15. The molecule has 0 aliphatic heterocycles. The Morgan fingerprint density at radius 2 is 2.04 bits per heavy atom. The highest BCUT2D eigenvalue weighted by atomic mass is 127. The van der Waals surface area contributed by atoms with Crippen LogP contribution in [0.3, 0.4) is 0 Å². The van der Waals surface area contributed by atoms with Crippen LogP contribution in [-0.4, -0.2) is 30.5 Å². The molecule has 0 fully saturated rings. The number of ether oxygens (including phenoxy) is 2. The minimum atomic E-state index is -0.254. The number of carbonyl (C=O) groups excluding carboxylic acids is 1. The van der Waals surface area contributed by atoms with E-state index >= 15 is 0 Å². The number of halogens is 1. The van der Waals surface area contributed by atoms with Crippen molar-refractivity contribution in [2.45, 2.75) is 20.8 Å². The molecule has 0 aromatic heterocycles. The maximum atomic E-state index is 12.2. The average Bonchev–Trinajstić information content (AvgIpc) is 2.57. The van der Waals surface area contributed by atoms with Crippen LogP contribution in [0.1, 0.15) is 23.6 Å². The van der Waals surface area contributed by atoms with Crippen LogP contribution < -0.4 is 14.8 Å². The van der Waals surface area contributed by atoms with Crippen molar-refractivity contribution in [1.82, 2.24) is 0 Å². The van der Waals surface area contributed by atoms with Gasteiger partial charge in [-0.25, -0.2) is 0 Å². The number of benzene rings is 2. The molecule has 7 heteroatoms. The molecule has 0 unspecified atom stereocenters. The van der Waals surface area contributed by atoms with E-state index in [4.69, 9.17) is 14.7 Å². The van der Waals surface area contributed by atoms with Gasteiger partial charge in [-0.15, -0.1) is 0 Å². The van der Waals surface area contributed by atoms with Crippen LogP contribution >= 0.6 is 22.6 Å². The zero-order valence-corrected chi connectivity index (χ0v) is 17.0. The molecule has 6 nitrogen and oxygen atoms in total. The summed E-state index contributed by atoms with van der Waals surface area (Å²) >= 11 is 2.09. The molecule has 2 N–H and O–H groups in total. The van der Waals surface area contributed by atoms with Gasteiger partial charge in [-0.2, -0.15) is 0 Å². The molecular weight excluding hydrogens is 447 g/mol. The first kappa shape index (κ1) is 20.0. The fourth-order valence-corrected chi connectivity index (χ4v) is 3.19. The molecule has 138 valence electrons. The van der Waals surface area contributed by atoms with E-state index < -0.39 is 0 Å². The van der Waals surface area contributed by atoms with Gasteiger partial charge in [0.25, 0.3) is 5.91 Å². The Morgan fingerprint density at radius 1 is 1.27 bits per heavy atom. The summed E-state index contributed by atoms with van der Waals surface area (Å²) in [7, 11) is 0. The largest absolute Gasteiger partial charge is 0.490 e. The number of amides is 1. The molecule has 0 atom stereocenters. The Labute approximate surface area is 166 Å². The van der Waals surface area contributed by atoms with E-state index in [0.717, 1.165) is 20.4 Å². The van der Waals surface area contributed by atoms with Gasteiger partial charge in [0.1, 0.15) is 0 Å². The van der Waals surface area contributed by atoms with Crippen molar-refractivity contribution < 1.29 is 19.5 Å². The van der Waals surface area contributed by atoms with Crippen molar-refractivity contribution in [1.29, 1.82) is 0 Å². The molecule has 0 heterocycles. The Morgan fingerprint density at radius 3 is 2.69 bits per heavy atom. The SMILES string of the molecule is CCOc1cc(/C=N/O)cc(I)c1OCC(=O)Nc1ccc(C)cc1C. The van der Waals surface area contributed by atoms with Crippen LogP contribution in [0.15, 0.2) is 35.5 Å². The van der Waals surface area contributed by atoms with Crippen LogP contribution in [0.25, 0.3) is 0 Å². The summed E-state index contributed by atoms with van der Waals surface area (Å²) in [5.74, 6) is 0.725. The molecule has 0 spiro atoms. The molecule has 26 heavy (non-hydrogen) atoms. The summed E-state index contributed by atoms with van der Waals surface area (Å²) in [5.41, 5.74) is 3.57. The van der Waals surface area contributed by atoms with Gasteiger partial charge in [-0.1, -0.05) is 22.9 Å². The van der Waals surface area contributed by atoms with Crippen LogP contribution in [0, 0.1) is 17.4 Å². The van der Waals surface area contributed by atoms with Crippen molar-refractivity contribution in [2.75, 3.05) is 18.5 Å². The van der Waals surface area contributed by atoms with Crippen LogP contribution in [0.5, 0.6) is 11.5 Å². The number of aryl methyl sites for hydroxylation is 2. The number of nitrogens with zero attached hydrogens (tertiary/aromatic N) is 1. The van der Waals surface area contributed by atoms with Gasteiger partial charge in [0, 0.05) is 11.3 Å². The second-order valence-electron chi connectivity index (χ2n) is 5.66. The van der Waals surface area contributed by atoms with E-state index in [-0.39, 0.29) is 12.5 Å². The summed E-state index contributed by atoms with van der Waals surface area (Å²) in [5, 5.41) is 14.6. The lowest BCUT2D eigenvalue weighted by atomic mass is 10.1. The van der Waals surface area contributed by atoms with E-state index in [0.29, 0.717) is 23.7 Å². The molecule has 2 aromatic carbocycles. The van der Waals surface area contributed by atoms with E-state index in [9.17, 15) is 4.79 Å². The Kier molecular flexibility index (Phi) is 7.26. The van der Waals surface area contributed by atoms with Gasteiger partial charge in [0.05, 0.1) is 16.4 Å². The van der Waals surface area contributed by atoms with Gasteiger partial charge in [0.15, 0.2) is 18.1 Å². The Bertz CT molecular complexity index is 821. The van der Waals surface area contributed by atoms with E-state index in [1.54, 1.807) is 12.1 Å². The fourth-order valence-electron chi connectivity index (χ4n) is 2.41. The Hall–Kier alpha value is -2.29. The third kappa shape index (κ3) is 5.35.